The minimum atomic E-state index is -0.505. The number of ether oxygens (including phenoxy) is 2. The van der Waals surface area contributed by atoms with Crippen molar-refractivity contribution in [2.45, 2.75) is 64.2 Å². The molecule has 1 saturated carbocycles. The Morgan fingerprint density at radius 3 is 2.52 bits per heavy atom. The van der Waals surface area contributed by atoms with Gasteiger partial charge in [0, 0.05) is 5.56 Å². The maximum Gasteiger partial charge on any atom is 0.235 e. The number of aryl methyl sites for hydroxylation is 1. The van der Waals surface area contributed by atoms with Crippen molar-refractivity contribution in [2.75, 3.05) is 19.0 Å². The highest BCUT2D eigenvalue weighted by Crippen LogP contribution is 2.41. The fourth-order valence-electron chi connectivity index (χ4n) is 4.06. The number of hydrogen-bond acceptors (Lipinski definition) is 4. The zero-order valence-electron chi connectivity index (χ0n) is 17.8. The van der Waals surface area contributed by atoms with Crippen LogP contribution >= 0.6 is 0 Å². The predicted molar refractivity (Wildman–Crippen MR) is 116 cm³/mol. The van der Waals surface area contributed by atoms with E-state index in [0.717, 1.165) is 55.4 Å². The number of nitrogens with zero attached hydrogens (tertiary/aromatic N) is 1. The Hall–Kier alpha value is -2.56. The normalized spacial score (nSPS) is 15.6. The molecule has 0 bridgehead atoms. The summed E-state index contributed by atoms with van der Waals surface area (Å²) in [6.07, 6.45) is 8.78. The number of hydrogen-bond donors (Lipinski definition) is 1. The topological polar surface area (TPSA) is 60.5 Å². The first-order chi connectivity index (χ1) is 14.1. The molecule has 5 nitrogen and oxygen atoms in total. The Morgan fingerprint density at radius 2 is 1.90 bits per heavy atom. The van der Waals surface area contributed by atoms with Crippen molar-refractivity contribution in [2.24, 2.45) is 0 Å². The first kappa shape index (κ1) is 21.2. The molecule has 1 aliphatic rings. The van der Waals surface area contributed by atoms with E-state index < -0.39 is 5.41 Å². The van der Waals surface area contributed by atoms with Crippen LogP contribution < -0.4 is 14.8 Å². The van der Waals surface area contributed by atoms with Gasteiger partial charge in [-0.3, -0.25) is 4.79 Å². The Labute approximate surface area is 173 Å². The molecule has 0 spiro atoms. The average molecular weight is 397 g/mol. The molecule has 1 heterocycles. The van der Waals surface area contributed by atoms with E-state index in [4.69, 9.17) is 9.47 Å². The third-order valence-electron chi connectivity index (χ3n) is 5.81. The summed E-state index contributed by atoms with van der Waals surface area (Å²) in [5.41, 5.74) is 2.20. The largest absolute Gasteiger partial charge is 0.497 e. The number of pyridine rings is 1. The number of amides is 1. The van der Waals surface area contributed by atoms with Crippen LogP contribution in [0, 0.1) is 6.92 Å². The van der Waals surface area contributed by atoms with Gasteiger partial charge in [-0.25, -0.2) is 4.98 Å². The van der Waals surface area contributed by atoms with Crippen LogP contribution in [0.3, 0.4) is 0 Å². The molecule has 156 valence electrons. The molecule has 5 heteroatoms. The molecule has 0 unspecified atom stereocenters. The Morgan fingerprint density at radius 1 is 1.17 bits per heavy atom. The minimum Gasteiger partial charge on any atom is -0.497 e. The third kappa shape index (κ3) is 4.89. The number of anilines is 1. The number of benzene rings is 1. The Balaban J connectivity index is 1.79. The van der Waals surface area contributed by atoms with Gasteiger partial charge in [-0.05, 0) is 49.9 Å². The van der Waals surface area contributed by atoms with Gasteiger partial charge >= 0.3 is 0 Å². The molecule has 1 aromatic carbocycles. The summed E-state index contributed by atoms with van der Waals surface area (Å²) < 4.78 is 11.0. The molecule has 29 heavy (non-hydrogen) atoms. The molecule has 1 amide bonds. The third-order valence-corrected chi connectivity index (χ3v) is 5.81. The summed E-state index contributed by atoms with van der Waals surface area (Å²) in [6, 6.07) is 9.87. The average Bonchev–Trinajstić information content (AvgIpc) is 2.76. The van der Waals surface area contributed by atoms with Crippen LogP contribution in [0.25, 0.3) is 0 Å². The van der Waals surface area contributed by atoms with Crippen molar-refractivity contribution in [1.82, 2.24) is 4.98 Å². The molecule has 0 atom stereocenters. The van der Waals surface area contributed by atoms with Crippen LogP contribution in [0.5, 0.6) is 11.6 Å². The van der Waals surface area contributed by atoms with Crippen LogP contribution in [0.4, 0.5) is 5.69 Å². The molecule has 0 aliphatic heterocycles. The lowest BCUT2D eigenvalue weighted by Crippen LogP contribution is -2.42. The minimum absolute atomic E-state index is 0.0446. The number of methoxy groups -OCH3 is 1. The molecular formula is C24H32N2O3. The second-order valence-corrected chi connectivity index (χ2v) is 7.87. The van der Waals surface area contributed by atoms with Crippen molar-refractivity contribution >= 4 is 11.6 Å². The summed E-state index contributed by atoms with van der Waals surface area (Å²) in [7, 11) is 1.66. The van der Waals surface area contributed by atoms with E-state index in [0.29, 0.717) is 18.2 Å². The number of nitrogens with one attached hydrogen (secondary N) is 1. The van der Waals surface area contributed by atoms with E-state index in [1.807, 2.05) is 37.3 Å². The van der Waals surface area contributed by atoms with Gasteiger partial charge in [0.2, 0.25) is 11.8 Å². The maximum atomic E-state index is 13.5. The molecule has 2 aromatic rings. The highest BCUT2D eigenvalue weighted by Gasteiger charge is 2.41. The van der Waals surface area contributed by atoms with Crippen molar-refractivity contribution in [3.05, 3.63) is 47.7 Å². The van der Waals surface area contributed by atoms with Crippen molar-refractivity contribution in [1.29, 1.82) is 0 Å². The van der Waals surface area contributed by atoms with Gasteiger partial charge in [-0.1, -0.05) is 44.7 Å². The van der Waals surface area contributed by atoms with Crippen molar-refractivity contribution < 1.29 is 14.3 Å². The van der Waals surface area contributed by atoms with E-state index in [9.17, 15) is 4.79 Å². The van der Waals surface area contributed by atoms with Gasteiger partial charge < -0.3 is 14.8 Å². The monoisotopic (exact) mass is 396 g/mol. The van der Waals surface area contributed by atoms with Crippen molar-refractivity contribution in [3.8, 4) is 11.6 Å². The summed E-state index contributed by atoms with van der Waals surface area (Å²) in [5, 5.41) is 3.13. The van der Waals surface area contributed by atoms with E-state index in [1.54, 1.807) is 13.3 Å². The lowest BCUT2D eigenvalue weighted by atomic mass is 9.68. The fraction of sp³-hybridized carbons (Fsp3) is 0.500. The van der Waals surface area contributed by atoms with Crippen molar-refractivity contribution in [3.63, 3.8) is 0 Å². The molecule has 0 saturated heterocycles. The zero-order valence-corrected chi connectivity index (χ0v) is 17.8. The second kappa shape index (κ2) is 9.77. The van der Waals surface area contributed by atoms with Crippen LogP contribution in [0.1, 0.15) is 63.0 Å². The molecule has 1 aromatic heterocycles. The Kier molecular flexibility index (Phi) is 7.13. The highest BCUT2D eigenvalue weighted by molar-refractivity contribution is 5.99. The second-order valence-electron chi connectivity index (χ2n) is 7.87. The molecule has 1 N–H and O–H groups in total. The Bertz CT molecular complexity index is 811. The van der Waals surface area contributed by atoms with Gasteiger partial charge in [-0.2, -0.15) is 0 Å². The summed E-state index contributed by atoms with van der Waals surface area (Å²) in [5.74, 6) is 1.49. The molecule has 1 aliphatic carbocycles. The zero-order chi connectivity index (χ0) is 20.7. The molecular weight excluding hydrogens is 364 g/mol. The number of rotatable bonds is 8. The smallest absolute Gasteiger partial charge is 0.235 e. The van der Waals surface area contributed by atoms with Crippen LogP contribution in [0.15, 0.2) is 36.5 Å². The van der Waals surface area contributed by atoms with Gasteiger partial charge in [0.15, 0.2) is 0 Å². The van der Waals surface area contributed by atoms with Crippen LogP contribution in [-0.2, 0) is 10.2 Å². The first-order valence-corrected chi connectivity index (χ1v) is 10.6. The lowest BCUT2D eigenvalue weighted by molar-refractivity contribution is -0.122. The molecule has 3 rings (SSSR count). The van der Waals surface area contributed by atoms with Gasteiger partial charge in [-0.15, -0.1) is 0 Å². The van der Waals surface area contributed by atoms with E-state index >= 15 is 0 Å². The SMILES string of the molecule is CCCCOc1ncc(NC(=O)C2(c3ccc(OC)cc3)CCCCC2)cc1C. The maximum absolute atomic E-state index is 13.5. The quantitative estimate of drug-likeness (QED) is 0.606. The van der Waals surface area contributed by atoms with Crippen LogP contribution in [-0.4, -0.2) is 24.6 Å². The predicted octanol–water partition coefficient (Wildman–Crippen LogP) is 5.42. The summed E-state index contributed by atoms with van der Waals surface area (Å²) in [6.45, 7) is 4.76. The lowest BCUT2D eigenvalue weighted by Gasteiger charge is -2.36. The van der Waals surface area contributed by atoms with Crippen LogP contribution in [0.2, 0.25) is 0 Å². The van der Waals surface area contributed by atoms with E-state index in [1.165, 1.54) is 6.42 Å². The number of aromatic nitrogens is 1. The fourth-order valence-corrected chi connectivity index (χ4v) is 4.06. The van der Waals surface area contributed by atoms with E-state index in [-0.39, 0.29) is 5.91 Å². The number of unbranched alkanes of at least 4 members (excludes halogenated alkanes) is 1. The van der Waals surface area contributed by atoms with Gasteiger partial charge in [0.05, 0.1) is 31.0 Å². The van der Waals surface area contributed by atoms with Gasteiger partial charge in [0.1, 0.15) is 5.75 Å². The standard InChI is InChI=1S/C24H32N2O3/c1-4-5-15-29-22-18(2)16-20(17-25-22)26-23(27)24(13-7-6-8-14-24)19-9-11-21(28-3)12-10-19/h9-12,16-17H,4-8,13-15H2,1-3H3,(H,26,27). The van der Waals surface area contributed by atoms with Gasteiger partial charge in [0.25, 0.3) is 0 Å². The first-order valence-electron chi connectivity index (χ1n) is 10.6. The summed E-state index contributed by atoms with van der Waals surface area (Å²) >= 11 is 0. The van der Waals surface area contributed by atoms with E-state index in [2.05, 4.69) is 17.2 Å². The number of carbonyl (C=O) groups is 1. The number of carbonyl (C=O) groups excluding carboxylic acids is 1. The molecule has 0 radical (unpaired) electrons. The summed E-state index contributed by atoms with van der Waals surface area (Å²) in [4.78, 5) is 17.9. The molecule has 1 fully saturated rings. The highest BCUT2D eigenvalue weighted by atomic mass is 16.5.